The number of hydrogen-bond donors (Lipinski definition) is 0. The van der Waals surface area contributed by atoms with Crippen LogP contribution < -0.4 is 4.90 Å². The lowest BCUT2D eigenvalue weighted by Gasteiger charge is -2.25. The van der Waals surface area contributed by atoms with Gasteiger partial charge in [0.15, 0.2) is 0 Å². The van der Waals surface area contributed by atoms with Crippen molar-refractivity contribution in [1.82, 2.24) is 4.31 Å². The molecule has 0 spiro atoms. The summed E-state index contributed by atoms with van der Waals surface area (Å²) in [6, 6.07) is 5.84. The van der Waals surface area contributed by atoms with Crippen molar-refractivity contribution in [3.63, 3.8) is 0 Å². The molecule has 2 rings (SSSR count). The Bertz CT molecular complexity index is 660. The first-order chi connectivity index (χ1) is 9.76. The maximum absolute atomic E-state index is 12.5. The smallest absolute Gasteiger partial charge is 0.242 e. The number of fused-ring (bicyclic) bond motifs is 1. The molecule has 116 valence electrons. The quantitative estimate of drug-likeness (QED) is 0.809. The van der Waals surface area contributed by atoms with Crippen LogP contribution in [0, 0.1) is 0 Å². The second-order valence-corrected chi connectivity index (χ2v) is 8.53. The molecule has 0 aliphatic carbocycles. The minimum atomic E-state index is -3.35. The highest BCUT2D eigenvalue weighted by Gasteiger charge is 2.32. The van der Waals surface area contributed by atoms with Gasteiger partial charge in [-0.1, -0.05) is 15.9 Å². The third kappa shape index (κ3) is 3.30. The van der Waals surface area contributed by atoms with E-state index in [1.807, 2.05) is 25.1 Å². The summed E-state index contributed by atoms with van der Waals surface area (Å²) in [6.07, 6.45) is 0.782. The number of carbonyl (C=O) groups excluding carboxylic acids is 1. The van der Waals surface area contributed by atoms with Crippen molar-refractivity contribution in [1.29, 1.82) is 0 Å². The van der Waals surface area contributed by atoms with Crippen LogP contribution in [0.15, 0.2) is 22.7 Å². The number of sulfonamides is 1. The largest absolute Gasteiger partial charge is 0.308 e. The number of hydrogen-bond acceptors (Lipinski definition) is 3. The molecule has 0 saturated carbocycles. The summed E-state index contributed by atoms with van der Waals surface area (Å²) in [4.78, 5) is 14.2. The minimum absolute atomic E-state index is 0.00410. The summed E-state index contributed by atoms with van der Waals surface area (Å²) >= 11 is 3.43. The van der Waals surface area contributed by atoms with Crippen molar-refractivity contribution < 1.29 is 13.2 Å². The Kier molecular flexibility index (Phi) is 4.75. The van der Waals surface area contributed by atoms with Crippen LogP contribution in [0.4, 0.5) is 5.69 Å². The lowest BCUT2D eigenvalue weighted by atomic mass is 10.1. The SMILES string of the molecule is CCS(=O)(=O)N(C)CC(=O)N1c2ccc(Br)cc2C[C@H]1C. The minimum Gasteiger partial charge on any atom is -0.308 e. The molecule has 0 radical (unpaired) electrons. The monoisotopic (exact) mass is 374 g/mol. The van der Waals surface area contributed by atoms with Crippen LogP contribution in [0.25, 0.3) is 0 Å². The fourth-order valence-electron chi connectivity index (χ4n) is 2.57. The molecular formula is C14H19BrN2O3S. The first-order valence-corrected chi connectivity index (χ1v) is 9.21. The highest BCUT2D eigenvalue weighted by molar-refractivity contribution is 9.10. The van der Waals surface area contributed by atoms with Gasteiger partial charge in [0.25, 0.3) is 0 Å². The van der Waals surface area contributed by atoms with E-state index in [1.165, 1.54) is 7.05 Å². The number of nitrogens with zero attached hydrogens (tertiary/aromatic N) is 2. The average Bonchev–Trinajstić information content (AvgIpc) is 2.73. The van der Waals surface area contributed by atoms with Crippen molar-refractivity contribution in [2.24, 2.45) is 0 Å². The van der Waals surface area contributed by atoms with E-state index >= 15 is 0 Å². The second-order valence-electron chi connectivity index (χ2n) is 5.25. The van der Waals surface area contributed by atoms with E-state index in [0.29, 0.717) is 0 Å². The fourth-order valence-corrected chi connectivity index (χ4v) is 3.72. The topological polar surface area (TPSA) is 57.7 Å². The normalized spacial score (nSPS) is 18.1. The molecule has 1 aliphatic rings. The molecule has 0 aromatic heterocycles. The zero-order chi connectivity index (χ0) is 15.8. The molecule has 1 heterocycles. The fraction of sp³-hybridized carbons (Fsp3) is 0.500. The van der Waals surface area contributed by atoms with Crippen molar-refractivity contribution in [3.8, 4) is 0 Å². The Balaban J connectivity index is 2.21. The molecule has 5 nitrogen and oxygen atoms in total. The van der Waals surface area contributed by atoms with Gasteiger partial charge in [0.1, 0.15) is 0 Å². The molecule has 7 heteroatoms. The molecule has 1 aliphatic heterocycles. The van der Waals surface area contributed by atoms with Crippen molar-refractivity contribution in [3.05, 3.63) is 28.2 Å². The van der Waals surface area contributed by atoms with Crippen LogP contribution in [0.3, 0.4) is 0 Å². The van der Waals surface area contributed by atoms with Crippen LogP contribution in [0.2, 0.25) is 0 Å². The van der Waals surface area contributed by atoms with Gasteiger partial charge in [0.05, 0.1) is 12.3 Å². The molecule has 1 aromatic rings. The van der Waals surface area contributed by atoms with Gasteiger partial charge in [-0.2, -0.15) is 4.31 Å². The van der Waals surface area contributed by atoms with Gasteiger partial charge in [0.2, 0.25) is 15.9 Å². The average molecular weight is 375 g/mol. The molecule has 1 aromatic carbocycles. The Morgan fingerprint density at radius 2 is 2.14 bits per heavy atom. The molecule has 0 N–H and O–H groups in total. The molecule has 1 atom stereocenters. The molecule has 0 bridgehead atoms. The van der Waals surface area contributed by atoms with Crippen molar-refractivity contribution in [2.75, 3.05) is 24.2 Å². The predicted molar refractivity (Wildman–Crippen MR) is 86.9 cm³/mol. The Hall–Kier alpha value is -0.920. The molecular weight excluding hydrogens is 356 g/mol. The van der Waals surface area contributed by atoms with Crippen molar-refractivity contribution in [2.45, 2.75) is 26.3 Å². The number of halogens is 1. The second kappa shape index (κ2) is 6.06. The van der Waals surface area contributed by atoms with Crippen LogP contribution in [-0.4, -0.2) is 44.0 Å². The molecule has 0 unspecified atom stereocenters. The van der Waals surface area contributed by atoms with Gasteiger partial charge in [-0.15, -0.1) is 0 Å². The lowest BCUT2D eigenvalue weighted by molar-refractivity contribution is -0.118. The summed E-state index contributed by atoms with van der Waals surface area (Å²) in [7, 11) is -1.90. The third-order valence-corrected chi connectivity index (χ3v) is 6.03. The van der Waals surface area contributed by atoms with E-state index in [9.17, 15) is 13.2 Å². The van der Waals surface area contributed by atoms with Gasteiger partial charge in [-0.25, -0.2) is 8.42 Å². The van der Waals surface area contributed by atoms with Gasteiger partial charge < -0.3 is 4.90 Å². The Morgan fingerprint density at radius 1 is 1.48 bits per heavy atom. The summed E-state index contributed by atoms with van der Waals surface area (Å²) in [5.74, 6) is -0.196. The summed E-state index contributed by atoms with van der Waals surface area (Å²) in [5, 5.41) is 0. The number of rotatable bonds is 4. The third-order valence-electron chi connectivity index (χ3n) is 3.72. The maximum Gasteiger partial charge on any atom is 0.242 e. The molecule has 21 heavy (non-hydrogen) atoms. The summed E-state index contributed by atoms with van der Waals surface area (Å²) in [6.45, 7) is 3.41. The standard InChI is InChI=1S/C14H19BrN2O3S/c1-4-21(19,20)16(3)9-14(18)17-10(2)7-11-8-12(15)5-6-13(11)17/h5-6,8,10H,4,7,9H2,1-3H3/t10-/m1/s1. The van der Waals surface area contributed by atoms with Crippen LogP contribution in [0.1, 0.15) is 19.4 Å². The Morgan fingerprint density at radius 3 is 2.76 bits per heavy atom. The number of anilines is 1. The first-order valence-electron chi connectivity index (χ1n) is 6.80. The van der Waals surface area contributed by atoms with Gasteiger partial charge in [-0.3, -0.25) is 4.79 Å². The van der Waals surface area contributed by atoms with E-state index in [4.69, 9.17) is 0 Å². The van der Waals surface area contributed by atoms with Crippen LogP contribution >= 0.6 is 15.9 Å². The predicted octanol–water partition coefficient (Wildman–Crippen LogP) is 2.01. The summed E-state index contributed by atoms with van der Waals surface area (Å²) < 4.78 is 25.6. The summed E-state index contributed by atoms with van der Waals surface area (Å²) in [5.41, 5.74) is 1.98. The molecule has 0 fully saturated rings. The van der Waals surface area contributed by atoms with Crippen molar-refractivity contribution >= 4 is 37.5 Å². The van der Waals surface area contributed by atoms with E-state index in [1.54, 1.807) is 11.8 Å². The number of amides is 1. The van der Waals surface area contributed by atoms with E-state index in [0.717, 1.165) is 26.4 Å². The molecule has 0 saturated heterocycles. The van der Waals surface area contributed by atoms with Gasteiger partial charge in [0, 0.05) is 23.2 Å². The number of carbonyl (C=O) groups is 1. The van der Waals surface area contributed by atoms with Crippen LogP contribution in [0.5, 0.6) is 0 Å². The highest BCUT2D eigenvalue weighted by Crippen LogP contribution is 2.34. The van der Waals surface area contributed by atoms with Crippen LogP contribution in [-0.2, 0) is 21.2 Å². The van der Waals surface area contributed by atoms with Gasteiger partial charge >= 0.3 is 0 Å². The zero-order valence-corrected chi connectivity index (χ0v) is 14.7. The van der Waals surface area contributed by atoms with E-state index in [-0.39, 0.29) is 24.2 Å². The Labute approximate surface area is 134 Å². The zero-order valence-electron chi connectivity index (χ0n) is 12.3. The molecule has 1 amide bonds. The lowest BCUT2D eigenvalue weighted by Crippen LogP contribution is -2.44. The maximum atomic E-state index is 12.5. The highest BCUT2D eigenvalue weighted by atomic mass is 79.9. The van der Waals surface area contributed by atoms with E-state index < -0.39 is 10.0 Å². The number of likely N-dealkylation sites (N-methyl/N-ethyl adjacent to an activating group) is 1. The van der Waals surface area contributed by atoms with Gasteiger partial charge in [-0.05, 0) is 44.0 Å². The first kappa shape index (κ1) is 16.5. The number of benzene rings is 1. The van der Waals surface area contributed by atoms with E-state index in [2.05, 4.69) is 15.9 Å².